The third-order valence-corrected chi connectivity index (χ3v) is 6.58. The van der Waals surface area contributed by atoms with Gasteiger partial charge in [-0.05, 0) is 47.6 Å². The molecule has 8 heteroatoms. The van der Waals surface area contributed by atoms with Crippen molar-refractivity contribution in [1.29, 1.82) is 0 Å². The molecule has 132 valence electrons. The van der Waals surface area contributed by atoms with E-state index in [1.807, 2.05) is 48.5 Å². The van der Waals surface area contributed by atoms with Crippen molar-refractivity contribution < 1.29 is 8.42 Å². The Morgan fingerprint density at radius 3 is 2.12 bits per heavy atom. The van der Waals surface area contributed by atoms with Crippen LogP contribution in [0.5, 0.6) is 0 Å². The number of nitrogens with one attached hydrogen (secondary N) is 2. The number of halogens is 1. The minimum absolute atomic E-state index is 0.000930. The van der Waals surface area contributed by atoms with Crippen LogP contribution in [0.15, 0.2) is 48.5 Å². The van der Waals surface area contributed by atoms with Gasteiger partial charge in [-0.25, -0.2) is 8.42 Å². The van der Waals surface area contributed by atoms with Gasteiger partial charge in [0.1, 0.15) is 0 Å². The van der Waals surface area contributed by atoms with E-state index >= 15 is 0 Å². The van der Waals surface area contributed by atoms with Crippen molar-refractivity contribution in [3.05, 3.63) is 48.5 Å². The molecule has 2 aromatic carbocycles. The Hall–Kier alpha value is -1.83. The average Bonchev–Trinajstić information content (AvgIpc) is 2.80. The summed E-state index contributed by atoms with van der Waals surface area (Å²) < 4.78 is 23.2. The van der Waals surface area contributed by atoms with Gasteiger partial charge in [-0.3, -0.25) is 0 Å². The second-order valence-electron chi connectivity index (χ2n) is 6.00. The Labute approximate surface area is 157 Å². The fraction of sp³-hybridized carbons (Fsp3) is 0.235. The van der Waals surface area contributed by atoms with Crippen LogP contribution >= 0.6 is 23.8 Å². The molecule has 0 radical (unpaired) electrons. The minimum Gasteiger partial charge on any atom is -0.399 e. The number of sulfone groups is 1. The van der Waals surface area contributed by atoms with E-state index < -0.39 is 15.2 Å². The smallest absolute Gasteiger partial charge is 0.171 e. The lowest BCUT2D eigenvalue weighted by molar-refractivity contribution is 0.600. The van der Waals surface area contributed by atoms with Gasteiger partial charge in [-0.2, -0.15) is 0 Å². The normalized spacial score (nSPS) is 21.6. The molecular formula is C17H18ClN3O2S2. The maximum absolute atomic E-state index is 11.6. The molecule has 2 atom stereocenters. The third-order valence-electron chi connectivity index (χ3n) is 3.99. The molecule has 1 aliphatic heterocycles. The van der Waals surface area contributed by atoms with Gasteiger partial charge < -0.3 is 16.4 Å². The van der Waals surface area contributed by atoms with E-state index in [1.54, 1.807) is 0 Å². The first kappa shape index (κ1) is 18.0. The summed E-state index contributed by atoms with van der Waals surface area (Å²) in [6, 6.07) is 15.0. The molecule has 4 N–H and O–H groups in total. The molecule has 5 nitrogen and oxygen atoms in total. The van der Waals surface area contributed by atoms with Crippen LogP contribution in [-0.4, -0.2) is 36.5 Å². The number of thiocarbonyl (C=S) groups is 1. The molecule has 0 amide bonds. The number of nitrogen functional groups attached to an aromatic ring is 1. The van der Waals surface area contributed by atoms with E-state index in [1.165, 1.54) is 0 Å². The van der Waals surface area contributed by atoms with Crippen LogP contribution in [-0.2, 0) is 9.84 Å². The Balaban J connectivity index is 1.61. The Kier molecular flexibility index (Phi) is 5.17. The lowest BCUT2D eigenvalue weighted by Gasteiger charge is -2.17. The van der Waals surface area contributed by atoms with Gasteiger partial charge in [0, 0.05) is 11.4 Å². The maximum atomic E-state index is 11.6. The second kappa shape index (κ2) is 7.19. The molecule has 2 aromatic rings. The zero-order chi connectivity index (χ0) is 18.0. The summed E-state index contributed by atoms with van der Waals surface area (Å²) in [6.45, 7) is 0. The lowest BCUT2D eigenvalue weighted by atomic mass is 10.1. The lowest BCUT2D eigenvalue weighted by Crippen LogP contribution is -2.42. The maximum Gasteiger partial charge on any atom is 0.171 e. The largest absolute Gasteiger partial charge is 0.399 e. The molecule has 1 aliphatic rings. The zero-order valence-electron chi connectivity index (χ0n) is 13.3. The third kappa shape index (κ3) is 4.62. The van der Waals surface area contributed by atoms with Crippen LogP contribution in [0.1, 0.15) is 0 Å². The van der Waals surface area contributed by atoms with Crippen molar-refractivity contribution in [3.63, 3.8) is 0 Å². The molecule has 1 fully saturated rings. The molecule has 1 saturated heterocycles. The van der Waals surface area contributed by atoms with Gasteiger partial charge in [0.15, 0.2) is 14.9 Å². The predicted molar refractivity (Wildman–Crippen MR) is 108 cm³/mol. The van der Waals surface area contributed by atoms with Crippen LogP contribution in [0.2, 0.25) is 0 Å². The van der Waals surface area contributed by atoms with Gasteiger partial charge in [-0.1, -0.05) is 24.3 Å². The molecule has 2 unspecified atom stereocenters. The summed E-state index contributed by atoms with van der Waals surface area (Å²) in [4.78, 5) is 0. The highest BCUT2D eigenvalue weighted by atomic mass is 35.5. The van der Waals surface area contributed by atoms with Crippen LogP contribution in [0.4, 0.5) is 11.4 Å². The molecule has 0 saturated carbocycles. The van der Waals surface area contributed by atoms with Crippen molar-refractivity contribution in [2.75, 3.05) is 22.6 Å². The van der Waals surface area contributed by atoms with Gasteiger partial charge in [0.25, 0.3) is 0 Å². The fourth-order valence-corrected chi connectivity index (χ4v) is 5.51. The molecule has 0 aliphatic carbocycles. The number of anilines is 2. The summed E-state index contributed by atoms with van der Waals surface area (Å²) in [7, 11) is -3.09. The molecule has 0 spiro atoms. The average molecular weight is 396 g/mol. The molecule has 25 heavy (non-hydrogen) atoms. The number of hydrogen-bond donors (Lipinski definition) is 3. The van der Waals surface area contributed by atoms with Crippen molar-refractivity contribution in [3.8, 4) is 11.1 Å². The Bertz CT molecular complexity index is 868. The van der Waals surface area contributed by atoms with Crippen LogP contribution < -0.4 is 16.4 Å². The van der Waals surface area contributed by atoms with E-state index in [2.05, 4.69) is 10.6 Å². The van der Waals surface area contributed by atoms with Crippen molar-refractivity contribution in [1.82, 2.24) is 5.32 Å². The van der Waals surface area contributed by atoms with Gasteiger partial charge in [-0.15, -0.1) is 11.6 Å². The molecule has 1 heterocycles. The Morgan fingerprint density at radius 1 is 1.04 bits per heavy atom. The molecule has 0 aromatic heterocycles. The standard InChI is InChI=1S/C17H18ClN3O2S2/c18-15-9-25(22,23)10-16(15)21-17(24)20-14-7-3-12(4-8-14)11-1-5-13(19)6-2-11/h1-8,15-16H,9-10,19H2,(H2,20,21,24). The first-order valence-electron chi connectivity index (χ1n) is 7.70. The van der Waals surface area contributed by atoms with E-state index in [-0.39, 0.29) is 17.5 Å². The molecular weight excluding hydrogens is 378 g/mol. The number of alkyl halides is 1. The summed E-state index contributed by atoms with van der Waals surface area (Å²) in [5.74, 6) is -0.0236. The van der Waals surface area contributed by atoms with Crippen molar-refractivity contribution in [2.45, 2.75) is 11.4 Å². The monoisotopic (exact) mass is 395 g/mol. The molecule has 0 bridgehead atoms. The van der Waals surface area contributed by atoms with E-state index in [0.29, 0.717) is 5.11 Å². The van der Waals surface area contributed by atoms with Gasteiger partial charge in [0.2, 0.25) is 0 Å². The highest BCUT2D eigenvalue weighted by Crippen LogP contribution is 2.23. The van der Waals surface area contributed by atoms with Crippen molar-refractivity contribution in [2.24, 2.45) is 0 Å². The van der Waals surface area contributed by atoms with E-state index in [0.717, 1.165) is 22.5 Å². The molecule has 3 rings (SSSR count). The summed E-state index contributed by atoms with van der Waals surface area (Å²) in [6.07, 6.45) is 0. The summed E-state index contributed by atoms with van der Waals surface area (Å²) in [5, 5.41) is 5.91. The second-order valence-corrected chi connectivity index (χ2v) is 9.12. The van der Waals surface area contributed by atoms with Crippen molar-refractivity contribution >= 4 is 50.1 Å². The minimum atomic E-state index is -3.09. The summed E-state index contributed by atoms with van der Waals surface area (Å²) >= 11 is 11.3. The van der Waals surface area contributed by atoms with E-state index in [9.17, 15) is 8.42 Å². The highest BCUT2D eigenvalue weighted by molar-refractivity contribution is 7.91. The van der Waals surface area contributed by atoms with Crippen LogP contribution in [0.25, 0.3) is 11.1 Å². The van der Waals surface area contributed by atoms with Gasteiger partial charge >= 0.3 is 0 Å². The number of nitrogens with two attached hydrogens (primary N) is 1. The zero-order valence-corrected chi connectivity index (χ0v) is 15.7. The predicted octanol–water partition coefficient (Wildman–Crippen LogP) is 2.63. The quantitative estimate of drug-likeness (QED) is 0.421. The number of rotatable bonds is 3. The number of hydrogen-bond acceptors (Lipinski definition) is 4. The highest BCUT2D eigenvalue weighted by Gasteiger charge is 2.36. The summed E-state index contributed by atoms with van der Waals surface area (Å²) in [5.41, 5.74) is 9.37. The SMILES string of the molecule is Nc1ccc(-c2ccc(NC(=S)NC3CS(=O)(=O)CC3Cl)cc2)cc1. The van der Waals surface area contributed by atoms with Crippen LogP contribution in [0, 0.1) is 0 Å². The van der Waals surface area contributed by atoms with Crippen LogP contribution in [0.3, 0.4) is 0 Å². The van der Waals surface area contributed by atoms with E-state index in [4.69, 9.17) is 29.6 Å². The fourth-order valence-electron chi connectivity index (χ4n) is 2.69. The van der Waals surface area contributed by atoms with Gasteiger partial charge in [0.05, 0.1) is 22.9 Å². The topological polar surface area (TPSA) is 84.2 Å². The Morgan fingerprint density at radius 2 is 1.60 bits per heavy atom. The first-order valence-corrected chi connectivity index (χ1v) is 10.4. The first-order chi connectivity index (χ1) is 11.8. The number of benzene rings is 2.